The second-order valence-electron chi connectivity index (χ2n) is 4.47. The molecule has 7 heteroatoms. The summed E-state index contributed by atoms with van der Waals surface area (Å²) in [5.74, 6) is -1.76. The molecule has 7 nitrogen and oxygen atoms in total. The maximum atomic E-state index is 11.5. The van der Waals surface area contributed by atoms with Gasteiger partial charge in [0.15, 0.2) is 0 Å². The van der Waals surface area contributed by atoms with Crippen molar-refractivity contribution in [3.05, 3.63) is 15.9 Å². The Morgan fingerprint density at radius 1 is 1.47 bits per heavy atom. The molecule has 0 aliphatic heterocycles. The highest BCUT2D eigenvalue weighted by Crippen LogP contribution is 2.18. The Hall–Kier alpha value is -2.05. The summed E-state index contributed by atoms with van der Waals surface area (Å²) >= 11 is 0. The van der Waals surface area contributed by atoms with Gasteiger partial charge in [-0.15, -0.1) is 0 Å². The van der Waals surface area contributed by atoms with Gasteiger partial charge in [0.25, 0.3) is 5.56 Å². The zero-order valence-electron chi connectivity index (χ0n) is 10.8. The lowest BCUT2D eigenvalue weighted by Gasteiger charge is -2.10. The van der Waals surface area contributed by atoms with Crippen molar-refractivity contribution in [3.8, 4) is 5.88 Å². The van der Waals surface area contributed by atoms with E-state index in [1.54, 1.807) is 0 Å². The number of nitrogens with zero attached hydrogens (tertiary/aromatic N) is 1. The summed E-state index contributed by atoms with van der Waals surface area (Å²) in [6.45, 7) is 1.93. The van der Waals surface area contributed by atoms with E-state index >= 15 is 0 Å². The van der Waals surface area contributed by atoms with E-state index in [-0.39, 0.29) is 23.8 Å². The lowest BCUT2D eigenvalue weighted by atomic mass is 9.96. The van der Waals surface area contributed by atoms with Gasteiger partial charge in [-0.25, -0.2) is 0 Å². The van der Waals surface area contributed by atoms with Gasteiger partial charge in [0.2, 0.25) is 11.8 Å². The number of H-pyrrole nitrogens is 1. The van der Waals surface area contributed by atoms with E-state index < -0.39 is 17.4 Å². The number of aromatic nitrogens is 2. The maximum absolute atomic E-state index is 11.5. The number of aromatic amines is 1. The summed E-state index contributed by atoms with van der Waals surface area (Å²) in [6.07, 6.45) is 2.65. The van der Waals surface area contributed by atoms with Gasteiger partial charge in [-0.3, -0.25) is 14.6 Å². The first kappa shape index (κ1) is 15.0. The molecule has 0 aliphatic rings. The first-order valence-corrected chi connectivity index (χ1v) is 6.26. The zero-order valence-corrected chi connectivity index (χ0v) is 10.8. The fourth-order valence-electron chi connectivity index (χ4n) is 1.99. The van der Waals surface area contributed by atoms with Crippen LogP contribution in [0.15, 0.2) is 4.79 Å². The third-order valence-corrected chi connectivity index (χ3v) is 2.98. The molecule has 1 aromatic rings. The quantitative estimate of drug-likeness (QED) is 0.581. The van der Waals surface area contributed by atoms with Crippen LogP contribution in [0, 0.1) is 5.92 Å². The lowest BCUT2D eigenvalue weighted by molar-refractivity contribution is -0.142. The molecule has 0 saturated heterocycles. The summed E-state index contributed by atoms with van der Waals surface area (Å²) in [5, 5.41) is 18.5. The minimum Gasteiger partial charge on any atom is -0.493 e. The molecule has 0 aliphatic carbocycles. The van der Waals surface area contributed by atoms with Crippen molar-refractivity contribution in [2.24, 2.45) is 5.92 Å². The number of rotatable bonds is 7. The van der Waals surface area contributed by atoms with Crippen molar-refractivity contribution >= 4 is 11.9 Å². The molecule has 19 heavy (non-hydrogen) atoms. The largest absolute Gasteiger partial charge is 0.493 e. The van der Waals surface area contributed by atoms with Crippen LogP contribution in [0.1, 0.15) is 38.2 Å². The van der Waals surface area contributed by atoms with Crippen LogP contribution in [0.2, 0.25) is 0 Å². The van der Waals surface area contributed by atoms with Gasteiger partial charge >= 0.3 is 5.97 Å². The first-order chi connectivity index (χ1) is 8.95. The van der Waals surface area contributed by atoms with Crippen LogP contribution in [-0.4, -0.2) is 26.2 Å². The number of hydrogen-bond acceptors (Lipinski definition) is 5. The van der Waals surface area contributed by atoms with Crippen molar-refractivity contribution in [1.29, 1.82) is 0 Å². The minimum atomic E-state index is -0.824. The fraction of sp³-hybridized carbons (Fsp3) is 0.583. The molecule has 0 spiro atoms. The Morgan fingerprint density at radius 2 is 2.16 bits per heavy atom. The smallest absolute Gasteiger partial charge is 0.306 e. The average molecular weight is 269 g/mol. The third kappa shape index (κ3) is 4.27. The summed E-state index contributed by atoms with van der Waals surface area (Å²) < 4.78 is 0. The number of aromatic hydroxyl groups is 1. The van der Waals surface area contributed by atoms with E-state index in [1.807, 2.05) is 6.92 Å². The predicted molar refractivity (Wildman–Crippen MR) is 69.9 cm³/mol. The van der Waals surface area contributed by atoms with Gasteiger partial charge in [-0.05, 0) is 25.7 Å². The molecule has 0 saturated carbocycles. The van der Waals surface area contributed by atoms with Crippen LogP contribution in [0.5, 0.6) is 5.88 Å². The fourth-order valence-corrected chi connectivity index (χ4v) is 1.99. The van der Waals surface area contributed by atoms with Crippen molar-refractivity contribution in [2.75, 3.05) is 5.73 Å². The second-order valence-corrected chi connectivity index (χ2v) is 4.47. The third-order valence-electron chi connectivity index (χ3n) is 2.98. The van der Waals surface area contributed by atoms with Crippen LogP contribution >= 0.6 is 0 Å². The monoisotopic (exact) mass is 269 g/mol. The van der Waals surface area contributed by atoms with Crippen LogP contribution < -0.4 is 11.3 Å². The van der Waals surface area contributed by atoms with Gasteiger partial charge < -0.3 is 15.9 Å². The maximum Gasteiger partial charge on any atom is 0.306 e. The molecule has 106 valence electrons. The SMILES string of the molecule is CCC[C@@H](CCCc1c(O)nc(N)[nH]c1=O)C(=O)O. The number of nitrogens with one attached hydrogen (secondary N) is 1. The van der Waals surface area contributed by atoms with Gasteiger partial charge in [0.05, 0.1) is 11.5 Å². The van der Waals surface area contributed by atoms with Crippen LogP contribution in [0.25, 0.3) is 0 Å². The summed E-state index contributed by atoms with van der Waals surface area (Å²) in [6, 6.07) is 0. The molecule has 0 unspecified atom stereocenters. The number of nitrogens with two attached hydrogens (primary N) is 1. The highest BCUT2D eigenvalue weighted by atomic mass is 16.4. The molecule has 0 radical (unpaired) electrons. The van der Waals surface area contributed by atoms with E-state index in [0.29, 0.717) is 19.3 Å². The van der Waals surface area contributed by atoms with E-state index in [1.165, 1.54) is 0 Å². The second kappa shape index (κ2) is 6.77. The summed E-state index contributed by atoms with van der Waals surface area (Å²) in [5.41, 5.74) is 4.95. The molecular formula is C12H19N3O4. The van der Waals surface area contributed by atoms with E-state index in [2.05, 4.69) is 9.97 Å². The minimum absolute atomic E-state index is 0.138. The standard InChI is InChI=1S/C12H19N3O4/c1-2-4-7(11(18)19)5-3-6-8-9(16)14-12(13)15-10(8)17/h7H,2-6H2,1H3,(H,18,19)(H4,13,14,15,16,17)/t7-/m0/s1. The van der Waals surface area contributed by atoms with E-state index in [0.717, 1.165) is 6.42 Å². The van der Waals surface area contributed by atoms with Crippen molar-refractivity contribution in [2.45, 2.75) is 39.0 Å². The van der Waals surface area contributed by atoms with Crippen molar-refractivity contribution in [3.63, 3.8) is 0 Å². The normalized spacial score (nSPS) is 12.3. The molecule has 0 bridgehead atoms. The Kier molecular flexibility index (Phi) is 5.35. The van der Waals surface area contributed by atoms with Crippen LogP contribution in [0.3, 0.4) is 0 Å². The molecular weight excluding hydrogens is 250 g/mol. The molecule has 0 aromatic carbocycles. The van der Waals surface area contributed by atoms with Crippen LogP contribution in [0.4, 0.5) is 5.95 Å². The van der Waals surface area contributed by atoms with Gasteiger partial charge in [0.1, 0.15) is 0 Å². The molecule has 1 atom stereocenters. The number of nitrogen functional groups attached to an aromatic ring is 1. The predicted octanol–water partition coefficient (Wildman–Crippen LogP) is 0.881. The number of carboxylic acid groups (broad SMARTS) is 1. The molecule has 0 fully saturated rings. The molecule has 1 heterocycles. The number of carboxylic acids is 1. The molecule has 1 rings (SSSR count). The van der Waals surface area contributed by atoms with Crippen molar-refractivity contribution < 1.29 is 15.0 Å². The number of anilines is 1. The average Bonchev–Trinajstić information content (AvgIpc) is 2.30. The highest BCUT2D eigenvalue weighted by molar-refractivity contribution is 5.69. The number of aliphatic carboxylic acids is 1. The summed E-state index contributed by atoms with van der Waals surface area (Å²) in [7, 11) is 0. The first-order valence-electron chi connectivity index (χ1n) is 6.26. The van der Waals surface area contributed by atoms with E-state index in [9.17, 15) is 14.7 Å². The Morgan fingerprint density at radius 3 is 2.68 bits per heavy atom. The highest BCUT2D eigenvalue weighted by Gasteiger charge is 2.17. The molecule has 1 aromatic heterocycles. The Bertz CT molecular complexity index is 498. The molecule has 5 N–H and O–H groups in total. The van der Waals surface area contributed by atoms with E-state index in [4.69, 9.17) is 10.8 Å². The number of hydrogen-bond donors (Lipinski definition) is 4. The van der Waals surface area contributed by atoms with Gasteiger partial charge in [0, 0.05) is 0 Å². The zero-order chi connectivity index (χ0) is 14.4. The van der Waals surface area contributed by atoms with Crippen molar-refractivity contribution in [1.82, 2.24) is 9.97 Å². The lowest BCUT2D eigenvalue weighted by Crippen LogP contribution is -2.18. The van der Waals surface area contributed by atoms with Crippen LogP contribution in [-0.2, 0) is 11.2 Å². The van der Waals surface area contributed by atoms with Gasteiger partial charge in [-0.1, -0.05) is 13.3 Å². The topological polar surface area (TPSA) is 129 Å². The van der Waals surface area contributed by atoms with Gasteiger partial charge in [-0.2, -0.15) is 4.98 Å². The Balaban J connectivity index is 2.62. The summed E-state index contributed by atoms with van der Waals surface area (Å²) in [4.78, 5) is 28.4. The Labute approximate surface area is 110 Å². The number of carbonyl (C=O) groups is 1. The molecule has 0 amide bonds.